The zero-order valence-electron chi connectivity index (χ0n) is 12.5. The van der Waals surface area contributed by atoms with Crippen molar-refractivity contribution in [1.82, 2.24) is 5.32 Å². The first-order valence-electron chi connectivity index (χ1n) is 7.43. The van der Waals surface area contributed by atoms with Crippen molar-refractivity contribution in [2.45, 2.75) is 25.5 Å². The first-order valence-corrected chi connectivity index (χ1v) is 7.43. The number of nitrogens with one attached hydrogen (secondary N) is 1. The summed E-state index contributed by atoms with van der Waals surface area (Å²) in [4.78, 5) is 0. The number of fused-ring (bicyclic) bond motifs is 1. The van der Waals surface area contributed by atoms with Crippen LogP contribution in [-0.4, -0.2) is 19.8 Å². The summed E-state index contributed by atoms with van der Waals surface area (Å²) in [6.07, 6.45) is 1.06. The van der Waals surface area contributed by atoms with Gasteiger partial charge in [-0.1, -0.05) is 37.3 Å². The smallest absolute Gasteiger partial charge is 0.123 e. The molecule has 2 unspecified atom stereocenters. The van der Waals surface area contributed by atoms with Crippen molar-refractivity contribution in [3.05, 3.63) is 59.7 Å². The Morgan fingerprint density at radius 2 is 2.10 bits per heavy atom. The fourth-order valence-electron chi connectivity index (χ4n) is 2.91. The summed E-state index contributed by atoms with van der Waals surface area (Å²) < 4.78 is 11.5. The highest BCUT2D eigenvalue weighted by atomic mass is 16.5. The van der Waals surface area contributed by atoms with Gasteiger partial charge in [0, 0.05) is 6.42 Å². The lowest BCUT2D eigenvalue weighted by Crippen LogP contribution is -2.34. The van der Waals surface area contributed by atoms with Gasteiger partial charge in [-0.25, -0.2) is 0 Å². The summed E-state index contributed by atoms with van der Waals surface area (Å²) in [5, 5.41) is 3.55. The second kappa shape index (κ2) is 6.19. The molecule has 0 spiro atoms. The zero-order valence-corrected chi connectivity index (χ0v) is 12.5. The van der Waals surface area contributed by atoms with Crippen molar-refractivity contribution in [1.29, 1.82) is 0 Å². The van der Waals surface area contributed by atoms with Gasteiger partial charge in [0.25, 0.3) is 0 Å². The summed E-state index contributed by atoms with van der Waals surface area (Å²) in [5.74, 6) is 1.89. The highest BCUT2D eigenvalue weighted by Crippen LogP contribution is 2.34. The van der Waals surface area contributed by atoms with Gasteiger partial charge >= 0.3 is 0 Å². The molecular formula is C18H21NO2. The van der Waals surface area contributed by atoms with Crippen molar-refractivity contribution in [2.75, 3.05) is 13.7 Å². The van der Waals surface area contributed by atoms with Crippen molar-refractivity contribution in [3.63, 3.8) is 0 Å². The molecular weight excluding hydrogens is 262 g/mol. The number of para-hydroxylation sites is 1. The Labute approximate surface area is 125 Å². The number of methoxy groups -OCH3 is 1. The van der Waals surface area contributed by atoms with E-state index in [9.17, 15) is 0 Å². The van der Waals surface area contributed by atoms with E-state index in [4.69, 9.17) is 9.47 Å². The third-order valence-corrected chi connectivity index (χ3v) is 3.92. The predicted molar refractivity (Wildman–Crippen MR) is 84.0 cm³/mol. The number of benzene rings is 2. The molecule has 2 aromatic rings. The quantitative estimate of drug-likeness (QED) is 0.913. The van der Waals surface area contributed by atoms with Crippen LogP contribution in [0.3, 0.4) is 0 Å². The maximum Gasteiger partial charge on any atom is 0.123 e. The molecule has 21 heavy (non-hydrogen) atoms. The Hall–Kier alpha value is -2.00. The van der Waals surface area contributed by atoms with Crippen LogP contribution in [0.1, 0.15) is 24.1 Å². The number of ether oxygens (including phenoxy) is 2. The number of hydrogen-bond acceptors (Lipinski definition) is 3. The van der Waals surface area contributed by atoms with Gasteiger partial charge in [-0.3, -0.25) is 0 Å². The molecule has 2 aromatic carbocycles. The molecule has 110 valence electrons. The molecule has 0 radical (unpaired) electrons. The Kier molecular flexibility index (Phi) is 4.11. The van der Waals surface area contributed by atoms with E-state index in [1.165, 1.54) is 11.1 Å². The zero-order chi connectivity index (χ0) is 14.7. The lowest BCUT2D eigenvalue weighted by molar-refractivity contribution is 0.179. The summed E-state index contributed by atoms with van der Waals surface area (Å²) in [6, 6.07) is 16.7. The van der Waals surface area contributed by atoms with Gasteiger partial charge in [-0.05, 0) is 35.9 Å². The molecule has 0 saturated carbocycles. The van der Waals surface area contributed by atoms with E-state index in [1.807, 2.05) is 24.3 Å². The van der Waals surface area contributed by atoms with Gasteiger partial charge in [0.15, 0.2) is 0 Å². The van der Waals surface area contributed by atoms with Gasteiger partial charge in [-0.2, -0.15) is 0 Å². The Morgan fingerprint density at radius 3 is 2.86 bits per heavy atom. The molecule has 3 heteroatoms. The Balaban J connectivity index is 1.85. The summed E-state index contributed by atoms with van der Waals surface area (Å²) in [5.41, 5.74) is 2.49. The highest BCUT2D eigenvalue weighted by molar-refractivity contribution is 5.39. The van der Waals surface area contributed by atoms with Gasteiger partial charge in [0.2, 0.25) is 0 Å². The molecule has 0 bridgehead atoms. The molecule has 1 N–H and O–H groups in total. The predicted octanol–water partition coefficient (Wildman–Crippen LogP) is 3.35. The monoisotopic (exact) mass is 283 g/mol. The van der Waals surface area contributed by atoms with Crippen molar-refractivity contribution in [2.24, 2.45) is 0 Å². The van der Waals surface area contributed by atoms with Crippen LogP contribution in [0.25, 0.3) is 0 Å². The Morgan fingerprint density at radius 1 is 1.24 bits per heavy atom. The fourth-order valence-corrected chi connectivity index (χ4v) is 2.91. The minimum atomic E-state index is 0.120. The molecule has 0 fully saturated rings. The van der Waals surface area contributed by atoms with Crippen molar-refractivity contribution < 1.29 is 9.47 Å². The molecule has 1 aliphatic rings. The van der Waals surface area contributed by atoms with Crippen molar-refractivity contribution in [3.8, 4) is 11.5 Å². The van der Waals surface area contributed by atoms with Crippen LogP contribution in [0, 0.1) is 0 Å². The largest absolute Gasteiger partial charge is 0.497 e. The molecule has 0 amide bonds. The molecule has 3 nitrogen and oxygen atoms in total. The van der Waals surface area contributed by atoms with Crippen LogP contribution >= 0.6 is 0 Å². The van der Waals surface area contributed by atoms with E-state index in [2.05, 4.69) is 36.5 Å². The maximum absolute atomic E-state index is 6.15. The van der Waals surface area contributed by atoms with Crippen LogP contribution in [-0.2, 0) is 6.42 Å². The van der Waals surface area contributed by atoms with E-state index in [1.54, 1.807) is 7.11 Å². The standard InChI is InChI=1S/C18H21NO2/c1-3-19-18(14-8-6-9-15(11-14)20-2)17-12-13-7-4-5-10-16(13)21-17/h4-11,17-19H,3,12H2,1-2H3. The van der Waals surface area contributed by atoms with E-state index in [0.29, 0.717) is 0 Å². The highest BCUT2D eigenvalue weighted by Gasteiger charge is 2.30. The summed E-state index contributed by atoms with van der Waals surface area (Å²) in [7, 11) is 1.70. The third kappa shape index (κ3) is 2.88. The minimum absolute atomic E-state index is 0.120. The minimum Gasteiger partial charge on any atom is -0.497 e. The van der Waals surface area contributed by atoms with Gasteiger partial charge < -0.3 is 14.8 Å². The second-order valence-corrected chi connectivity index (χ2v) is 5.28. The molecule has 1 aliphatic heterocycles. The van der Waals surface area contributed by atoms with E-state index in [0.717, 1.165) is 24.5 Å². The first kappa shape index (κ1) is 14.0. The lowest BCUT2D eigenvalue weighted by atomic mass is 9.97. The van der Waals surface area contributed by atoms with Crippen LogP contribution < -0.4 is 14.8 Å². The van der Waals surface area contributed by atoms with Gasteiger partial charge in [0.1, 0.15) is 17.6 Å². The van der Waals surface area contributed by atoms with E-state index < -0.39 is 0 Å². The SMILES string of the molecule is CCNC(c1cccc(OC)c1)C1Cc2ccccc2O1. The van der Waals surface area contributed by atoms with E-state index in [-0.39, 0.29) is 12.1 Å². The molecule has 1 heterocycles. The lowest BCUT2D eigenvalue weighted by Gasteiger charge is -2.25. The second-order valence-electron chi connectivity index (χ2n) is 5.28. The molecule has 0 aliphatic carbocycles. The number of likely N-dealkylation sites (N-methyl/N-ethyl adjacent to an activating group) is 1. The average Bonchev–Trinajstić information content (AvgIpc) is 2.96. The van der Waals surface area contributed by atoms with Crippen LogP contribution in [0.15, 0.2) is 48.5 Å². The Bertz CT molecular complexity index is 587. The third-order valence-electron chi connectivity index (χ3n) is 3.92. The number of rotatable bonds is 5. The molecule has 0 saturated heterocycles. The topological polar surface area (TPSA) is 30.5 Å². The fraction of sp³-hybridized carbons (Fsp3) is 0.333. The maximum atomic E-state index is 6.15. The summed E-state index contributed by atoms with van der Waals surface area (Å²) >= 11 is 0. The molecule has 2 atom stereocenters. The van der Waals surface area contributed by atoms with Crippen LogP contribution in [0.4, 0.5) is 0 Å². The van der Waals surface area contributed by atoms with E-state index >= 15 is 0 Å². The van der Waals surface area contributed by atoms with Gasteiger partial charge in [0.05, 0.1) is 13.2 Å². The van der Waals surface area contributed by atoms with Crippen molar-refractivity contribution >= 4 is 0 Å². The molecule has 3 rings (SSSR count). The average molecular weight is 283 g/mol. The van der Waals surface area contributed by atoms with Gasteiger partial charge in [-0.15, -0.1) is 0 Å². The van der Waals surface area contributed by atoms with Crippen LogP contribution in [0.2, 0.25) is 0 Å². The number of hydrogen-bond donors (Lipinski definition) is 1. The summed E-state index contributed by atoms with van der Waals surface area (Å²) in [6.45, 7) is 3.02. The first-order chi connectivity index (χ1) is 10.3. The normalized spacial score (nSPS) is 17.9. The molecule has 0 aromatic heterocycles. The van der Waals surface area contributed by atoms with Crippen LogP contribution in [0.5, 0.6) is 11.5 Å².